The summed E-state index contributed by atoms with van der Waals surface area (Å²) in [6.45, 7) is 5.56. The molecule has 1 aromatic heterocycles. The molecule has 1 atom stereocenters. The number of nitrogens with zero attached hydrogens (tertiary/aromatic N) is 2. The van der Waals surface area contributed by atoms with Gasteiger partial charge in [-0.05, 0) is 31.9 Å². The van der Waals surface area contributed by atoms with Crippen LogP contribution in [-0.2, 0) is 4.79 Å². The second-order valence-electron chi connectivity index (χ2n) is 5.78. The second kappa shape index (κ2) is 5.89. The van der Waals surface area contributed by atoms with Crippen molar-refractivity contribution < 1.29 is 14.0 Å². The van der Waals surface area contributed by atoms with E-state index in [1.54, 1.807) is 19.1 Å². The van der Waals surface area contributed by atoms with E-state index in [9.17, 15) is 9.59 Å². The Hall–Kier alpha value is -1.82. The van der Waals surface area contributed by atoms with Crippen molar-refractivity contribution in [2.24, 2.45) is 0 Å². The molecule has 1 aromatic rings. The van der Waals surface area contributed by atoms with Crippen LogP contribution in [0.25, 0.3) is 0 Å². The molecule has 4 heterocycles. The molecular weight excluding hydrogens is 270 g/mol. The molecule has 0 spiro atoms. The van der Waals surface area contributed by atoms with Gasteiger partial charge in [0.05, 0.1) is 6.26 Å². The Morgan fingerprint density at radius 3 is 2.71 bits per heavy atom. The molecule has 3 aliphatic rings. The predicted molar refractivity (Wildman–Crippen MR) is 76.8 cm³/mol. The van der Waals surface area contributed by atoms with E-state index < -0.39 is 6.04 Å². The highest BCUT2D eigenvalue weighted by molar-refractivity contribution is 5.95. The molecule has 4 rings (SSSR count). The lowest BCUT2D eigenvalue weighted by molar-refractivity contribution is -0.134. The van der Waals surface area contributed by atoms with E-state index in [4.69, 9.17) is 4.42 Å². The van der Waals surface area contributed by atoms with Crippen LogP contribution >= 0.6 is 0 Å². The molecule has 0 unspecified atom stereocenters. The second-order valence-corrected chi connectivity index (χ2v) is 5.78. The highest BCUT2D eigenvalue weighted by atomic mass is 16.3. The number of hydrogen-bond acceptors (Lipinski definition) is 4. The van der Waals surface area contributed by atoms with Gasteiger partial charge < -0.3 is 19.5 Å². The molecule has 6 nitrogen and oxygen atoms in total. The first-order chi connectivity index (χ1) is 10.1. The molecule has 2 amide bonds. The number of nitrogens with one attached hydrogen (secondary N) is 1. The van der Waals surface area contributed by atoms with Crippen LogP contribution in [0.1, 0.15) is 30.3 Å². The standard InChI is InChI=1S/C15H21N3O3/c1-11(16-14(19)13-3-2-10-21-13)15(20)18-9-8-17-6-4-12(18)5-7-17/h2-3,10-12H,4-9H2,1H3,(H,16,19)/t11-/m1/s1. The third kappa shape index (κ3) is 2.95. The number of fused-ring (bicyclic) bond motifs is 4. The number of carbonyl (C=O) groups is 2. The van der Waals surface area contributed by atoms with Crippen molar-refractivity contribution in [3.8, 4) is 0 Å². The quantitative estimate of drug-likeness (QED) is 0.890. The van der Waals surface area contributed by atoms with Gasteiger partial charge in [0.1, 0.15) is 6.04 Å². The maximum Gasteiger partial charge on any atom is 0.287 e. The number of amides is 2. The van der Waals surface area contributed by atoms with Gasteiger partial charge in [-0.1, -0.05) is 0 Å². The van der Waals surface area contributed by atoms with Crippen LogP contribution in [0, 0.1) is 0 Å². The Bertz CT molecular complexity index is 506. The largest absolute Gasteiger partial charge is 0.459 e. The molecule has 3 saturated heterocycles. The smallest absolute Gasteiger partial charge is 0.287 e. The minimum atomic E-state index is -0.533. The van der Waals surface area contributed by atoms with Crippen molar-refractivity contribution >= 4 is 11.8 Å². The van der Waals surface area contributed by atoms with E-state index in [0.29, 0.717) is 6.04 Å². The average Bonchev–Trinajstić information content (AvgIpc) is 2.88. The van der Waals surface area contributed by atoms with E-state index >= 15 is 0 Å². The van der Waals surface area contributed by atoms with Gasteiger partial charge in [0.25, 0.3) is 5.91 Å². The number of furan rings is 1. The Kier molecular flexibility index (Phi) is 3.96. The van der Waals surface area contributed by atoms with Crippen molar-refractivity contribution in [1.29, 1.82) is 0 Å². The molecule has 3 aliphatic heterocycles. The highest BCUT2D eigenvalue weighted by Crippen LogP contribution is 2.21. The first-order valence-corrected chi connectivity index (χ1v) is 7.52. The van der Waals surface area contributed by atoms with Crippen molar-refractivity contribution in [2.75, 3.05) is 26.2 Å². The van der Waals surface area contributed by atoms with E-state index in [1.807, 2.05) is 4.90 Å². The summed E-state index contributed by atoms with van der Waals surface area (Å²) >= 11 is 0. The average molecular weight is 291 g/mol. The van der Waals surface area contributed by atoms with Gasteiger partial charge in [0, 0.05) is 32.2 Å². The molecule has 114 valence electrons. The van der Waals surface area contributed by atoms with Crippen LogP contribution in [0.5, 0.6) is 0 Å². The summed E-state index contributed by atoms with van der Waals surface area (Å²) in [5.41, 5.74) is 0. The molecule has 3 fully saturated rings. The van der Waals surface area contributed by atoms with Crippen LogP contribution in [0.3, 0.4) is 0 Å². The van der Waals surface area contributed by atoms with E-state index in [0.717, 1.165) is 39.0 Å². The van der Waals surface area contributed by atoms with Crippen molar-refractivity contribution in [3.05, 3.63) is 24.2 Å². The zero-order chi connectivity index (χ0) is 14.8. The molecule has 0 radical (unpaired) electrons. The normalized spacial score (nSPS) is 26.2. The lowest BCUT2D eigenvalue weighted by atomic mass is 10.0. The van der Waals surface area contributed by atoms with Crippen LogP contribution in [0.4, 0.5) is 0 Å². The van der Waals surface area contributed by atoms with Crippen molar-refractivity contribution in [1.82, 2.24) is 15.1 Å². The zero-order valence-electron chi connectivity index (χ0n) is 12.2. The monoisotopic (exact) mass is 291 g/mol. The third-order valence-electron chi connectivity index (χ3n) is 4.40. The molecule has 0 aromatic carbocycles. The lowest BCUT2D eigenvalue weighted by Gasteiger charge is -2.33. The topological polar surface area (TPSA) is 65.8 Å². The maximum atomic E-state index is 12.6. The van der Waals surface area contributed by atoms with E-state index in [-0.39, 0.29) is 17.6 Å². The van der Waals surface area contributed by atoms with Gasteiger partial charge in [-0.25, -0.2) is 0 Å². The number of hydrogen-bond donors (Lipinski definition) is 1. The fourth-order valence-electron chi connectivity index (χ4n) is 3.16. The Balaban J connectivity index is 1.62. The van der Waals surface area contributed by atoms with Crippen molar-refractivity contribution in [3.63, 3.8) is 0 Å². The molecule has 2 bridgehead atoms. The third-order valence-corrected chi connectivity index (χ3v) is 4.40. The Labute approximate surface area is 124 Å². The van der Waals surface area contributed by atoms with E-state index in [1.165, 1.54) is 6.26 Å². The molecule has 0 aliphatic carbocycles. The summed E-state index contributed by atoms with van der Waals surface area (Å²) < 4.78 is 5.05. The Morgan fingerprint density at radius 1 is 1.29 bits per heavy atom. The molecule has 0 saturated carbocycles. The molecule has 21 heavy (non-hydrogen) atoms. The maximum absolute atomic E-state index is 12.6. The van der Waals surface area contributed by atoms with Gasteiger partial charge in [-0.2, -0.15) is 0 Å². The minimum absolute atomic E-state index is 0.00339. The fourth-order valence-corrected chi connectivity index (χ4v) is 3.16. The summed E-state index contributed by atoms with van der Waals surface area (Å²) in [7, 11) is 0. The molecule has 6 heteroatoms. The summed E-state index contributed by atoms with van der Waals surface area (Å²) in [5, 5.41) is 2.72. The number of piperidine rings is 1. The van der Waals surface area contributed by atoms with Crippen LogP contribution in [0.2, 0.25) is 0 Å². The predicted octanol–water partition coefficient (Wildman–Crippen LogP) is 0.704. The van der Waals surface area contributed by atoms with Gasteiger partial charge in [-0.15, -0.1) is 0 Å². The lowest BCUT2D eigenvalue weighted by Crippen LogP contribution is -2.51. The first-order valence-electron chi connectivity index (χ1n) is 7.52. The zero-order valence-corrected chi connectivity index (χ0v) is 12.2. The van der Waals surface area contributed by atoms with Crippen LogP contribution in [0.15, 0.2) is 22.8 Å². The summed E-state index contributed by atoms with van der Waals surface area (Å²) in [4.78, 5) is 28.9. The highest BCUT2D eigenvalue weighted by Gasteiger charge is 2.34. The molecule has 1 N–H and O–H groups in total. The summed E-state index contributed by atoms with van der Waals surface area (Å²) in [5.74, 6) is -0.107. The minimum Gasteiger partial charge on any atom is -0.459 e. The summed E-state index contributed by atoms with van der Waals surface area (Å²) in [6, 6.07) is 3.03. The van der Waals surface area contributed by atoms with Gasteiger partial charge >= 0.3 is 0 Å². The number of carbonyl (C=O) groups excluding carboxylic acids is 2. The van der Waals surface area contributed by atoms with E-state index in [2.05, 4.69) is 10.2 Å². The van der Waals surface area contributed by atoms with Crippen LogP contribution < -0.4 is 5.32 Å². The van der Waals surface area contributed by atoms with Gasteiger partial charge in [0.2, 0.25) is 5.91 Å². The number of rotatable bonds is 3. The SMILES string of the molecule is C[C@@H](NC(=O)c1ccco1)C(=O)N1CCN2CCC1CC2. The van der Waals surface area contributed by atoms with Crippen molar-refractivity contribution in [2.45, 2.75) is 31.8 Å². The van der Waals surface area contributed by atoms with Gasteiger partial charge in [0.15, 0.2) is 5.76 Å². The Morgan fingerprint density at radius 2 is 2.05 bits per heavy atom. The van der Waals surface area contributed by atoms with Gasteiger partial charge in [-0.3, -0.25) is 9.59 Å². The first kappa shape index (κ1) is 14.1. The summed E-state index contributed by atoms with van der Waals surface area (Å²) in [6.07, 6.45) is 3.51. The fraction of sp³-hybridized carbons (Fsp3) is 0.600. The molecular formula is C15H21N3O3. The van der Waals surface area contributed by atoms with Crippen LogP contribution in [-0.4, -0.2) is 59.9 Å².